The van der Waals surface area contributed by atoms with E-state index < -0.39 is 30.5 Å². The second-order valence-electron chi connectivity index (χ2n) is 12.4. The van der Waals surface area contributed by atoms with Gasteiger partial charge in [-0.25, -0.2) is 20.0 Å². The van der Waals surface area contributed by atoms with E-state index in [1.807, 2.05) is 54.8 Å². The molecule has 3 heterocycles. The number of esters is 1. The van der Waals surface area contributed by atoms with Crippen LogP contribution in [0.2, 0.25) is 0 Å². The van der Waals surface area contributed by atoms with E-state index in [-0.39, 0.29) is 29.6 Å². The van der Waals surface area contributed by atoms with Crippen LogP contribution in [0.1, 0.15) is 67.9 Å². The Kier molecular flexibility index (Phi) is 7.31. The third-order valence-electron chi connectivity index (χ3n) is 9.46. The highest BCUT2D eigenvalue weighted by molar-refractivity contribution is 6.03. The van der Waals surface area contributed by atoms with Crippen LogP contribution >= 0.6 is 0 Å². The molecule has 2 aliphatic heterocycles. The van der Waals surface area contributed by atoms with Crippen LogP contribution < -0.4 is 16.6 Å². The summed E-state index contributed by atoms with van der Waals surface area (Å²) in [5, 5.41) is 1.90. The van der Waals surface area contributed by atoms with Crippen LogP contribution in [0.3, 0.4) is 0 Å². The standard InChI is InChI=1S/C32H38FN5O4/c1-32(2)37-26-13-12-23(16-22(26)17-27(37)31(41)42-32)38(35)30(40)28-24(19-6-4-3-5-7-19)14-15-36(28)29(39)21-10-8-20(9-11-21)25(34)18-33/h3-7,12-13,16-17,20-21,24-25,28H,8-11,14-15,18,34-35H2,1-2H3/t20?,21?,24-,25?,28?/m0/s1. The van der Waals surface area contributed by atoms with Gasteiger partial charge in [0.05, 0.1) is 11.2 Å². The van der Waals surface area contributed by atoms with Gasteiger partial charge < -0.3 is 15.4 Å². The lowest BCUT2D eigenvalue weighted by Crippen LogP contribution is -2.53. The number of carbonyl (C=O) groups is 3. The van der Waals surface area contributed by atoms with Gasteiger partial charge in [-0.2, -0.15) is 0 Å². The minimum Gasteiger partial charge on any atom is -0.434 e. The highest BCUT2D eigenvalue weighted by atomic mass is 19.1. The molecule has 1 saturated heterocycles. The van der Waals surface area contributed by atoms with E-state index in [0.717, 1.165) is 21.5 Å². The summed E-state index contributed by atoms with van der Waals surface area (Å²) in [6.07, 6.45) is 3.30. The lowest BCUT2D eigenvalue weighted by molar-refractivity contribution is -0.142. The van der Waals surface area contributed by atoms with E-state index in [1.54, 1.807) is 23.1 Å². The van der Waals surface area contributed by atoms with E-state index >= 15 is 0 Å². The first-order chi connectivity index (χ1) is 20.1. The number of nitrogens with two attached hydrogens (primary N) is 2. The zero-order chi connectivity index (χ0) is 29.8. The molecule has 0 bridgehead atoms. The summed E-state index contributed by atoms with van der Waals surface area (Å²) in [7, 11) is 0. The van der Waals surface area contributed by atoms with E-state index in [1.165, 1.54) is 0 Å². The van der Waals surface area contributed by atoms with Crippen LogP contribution in [0.5, 0.6) is 0 Å². The number of amides is 2. The number of aromatic nitrogens is 1. The number of nitrogens with zero attached hydrogens (tertiary/aromatic N) is 3. The van der Waals surface area contributed by atoms with Gasteiger partial charge in [0.15, 0.2) is 5.72 Å². The van der Waals surface area contributed by atoms with Gasteiger partial charge in [0, 0.05) is 29.8 Å². The van der Waals surface area contributed by atoms with Gasteiger partial charge in [-0.05, 0) is 81.7 Å². The molecule has 1 aliphatic carbocycles. The van der Waals surface area contributed by atoms with Gasteiger partial charge in [-0.3, -0.25) is 14.2 Å². The smallest absolute Gasteiger partial charge is 0.357 e. The molecule has 0 spiro atoms. The van der Waals surface area contributed by atoms with Gasteiger partial charge in [0.2, 0.25) is 5.91 Å². The van der Waals surface area contributed by atoms with Crippen molar-refractivity contribution in [3.63, 3.8) is 0 Å². The van der Waals surface area contributed by atoms with Crippen molar-refractivity contribution in [1.82, 2.24) is 9.47 Å². The van der Waals surface area contributed by atoms with Crippen molar-refractivity contribution >= 4 is 34.4 Å². The monoisotopic (exact) mass is 575 g/mol. The first-order valence-corrected chi connectivity index (χ1v) is 14.8. The van der Waals surface area contributed by atoms with Crippen molar-refractivity contribution in [2.45, 2.75) is 69.7 Å². The molecule has 2 unspecified atom stereocenters. The van der Waals surface area contributed by atoms with Crippen LogP contribution in [0.25, 0.3) is 10.9 Å². The number of carbonyl (C=O) groups excluding carboxylic acids is 3. The Hall–Kier alpha value is -3.76. The number of hydrogen-bond donors (Lipinski definition) is 2. The second kappa shape index (κ2) is 10.8. The number of alkyl halides is 1. The molecule has 6 rings (SSSR count). The lowest BCUT2D eigenvalue weighted by atomic mass is 9.78. The molecule has 2 amide bonds. The summed E-state index contributed by atoms with van der Waals surface area (Å²) < 4.78 is 20.5. The van der Waals surface area contributed by atoms with E-state index in [9.17, 15) is 18.8 Å². The fourth-order valence-corrected chi connectivity index (χ4v) is 7.23. The Morgan fingerprint density at radius 2 is 1.79 bits per heavy atom. The van der Waals surface area contributed by atoms with Crippen LogP contribution in [0, 0.1) is 11.8 Å². The molecule has 3 atom stereocenters. The fourth-order valence-electron chi connectivity index (χ4n) is 7.23. The van der Waals surface area contributed by atoms with Crippen LogP contribution in [-0.4, -0.2) is 52.6 Å². The molecule has 3 aliphatic rings. The molecule has 4 N–H and O–H groups in total. The first-order valence-electron chi connectivity index (χ1n) is 14.8. The van der Waals surface area contributed by atoms with Crippen LogP contribution in [0.4, 0.5) is 10.1 Å². The number of rotatable bonds is 6. The van der Waals surface area contributed by atoms with Gasteiger partial charge in [-0.15, -0.1) is 0 Å². The van der Waals surface area contributed by atoms with E-state index in [2.05, 4.69) is 0 Å². The molecule has 9 nitrogen and oxygen atoms in total. The molecule has 3 aromatic rings. The van der Waals surface area contributed by atoms with Gasteiger partial charge >= 0.3 is 5.97 Å². The van der Waals surface area contributed by atoms with Gasteiger partial charge in [-0.1, -0.05) is 30.3 Å². The molecule has 0 radical (unpaired) electrons. The molecule has 1 aromatic heterocycles. The lowest BCUT2D eigenvalue weighted by Gasteiger charge is -2.36. The topological polar surface area (TPSA) is 124 Å². The number of halogens is 1. The van der Waals surface area contributed by atoms with Gasteiger partial charge in [0.25, 0.3) is 5.91 Å². The highest BCUT2D eigenvalue weighted by Gasteiger charge is 2.46. The van der Waals surface area contributed by atoms with Crippen LogP contribution in [-0.2, 0) is 20.1 Å². The predicted octanol–water partition coefficient (Wildman–Crippen LogP) is 4.20. The summed E-state index contributed by atoms with van der Waals surface area (Å²) >= 11 is 0. The predicted molar refractivity (Wildman–Crippen MR) is 157 cm³/mol. The van der Waals surface area contributed by atoms with Crippen molar-refractivity contribution in [2.75, 3.05) is 18.2 Å². The van der Waals surface area contributed by atoms with Crippen molar-refractivity contribution in [3.05, 3.63) is 65.9 Å². The fraction of sp³-hybridized carbons (Fsp3) is 0.469. The normalized spacial score (nSPS) is 25.7. The SMILES string of the molecule is CC1(C)OC(=O)c2cc3cc(N(N)C(=O)C4[C@H](c5ccccc5)CCN4C(=O)C4CCC(C(N)CF)CC4)ccc3n21. The molecule has 222 valence electrons. The van der Waals surface area contributed by atoms with Crippen molar-refractivity contribution in [1.29, 1.82) is 0 Å². The Labute approximate surface area is 244 Å². The van der Waals surface area contributed by atoms with E-state index in [0.29, 0.717) is 50.0 Å². The quantitative estimate of drug-likeness (QED) is 0.197. The molecule has 42 heavy (non-hydrogen) atoms. The summed E-state index contributed by atoms with van der Waals surface area (Å²) in [6.45, 7) is 3.54. The van der Waals surface area contributed by atoms with Gasteiger partial charge in [0.1, 0.15) is 18.4 Å². The number of anilines is 1. The van der Waals surface area contributed by atoms with Crippen molar-refractivity contribution in [3.8, 4) is 0 Å². The molecular weight excluding hydrogens is 537 g/mol. The largest absolute Gasteiger partial charge is 0.434 e. The van der Waals surface area contributed by atoms with Crippen molar-refractivity contribution < 1.29 is 23.5 Å². The zero-order valence-electron chi connectivity index (χ0n) is 24.0. The molecular formula is C32H38FN5O4. The zero-order valence-corrected chi connectivity index (χ0v) is 24.0. The Morgan fingerprint density at radius 1 is 1.07 bits per heavy atom. The van der Waals surface area contributed by atoms with Crippen molar-refractivity contribution in [2.24, 2.45) is 23.4 Å². The first kappa shape index (κ1) is 28.4. The maximum atomic E-state index is 14.2. The maximum Gasteiger partial charge on any atom is 0.357 e. The minimum atomic E-state index is -0.822. The third kappa shape index (κ3) is 4.76. The number of ether oxygens (including phenoxy) is 1. The van der Waals surface area contributed by atoms with Crippen LogP contribution in [0.15, 0.2) is 54.6 Å². The Morgan fingerprint density at radius 3 is 2.48 bits per heavy atom. The molecule has 1 saturated carbocycles. The summed E-state index contributed by atoms with van der Waals surface area (Å²) in [5.74, 6) is 5.35. The molecule has 10 heteroatoms. The number of benzene rings is 2. The second-order valence-corrected chi connectivity index (χ2v) is 12.4. The molecule has 2 aromatic carbocycles. The average molecular weight is 576 g/mol. The summed E-state index contributed by atoms with van der Waals surface area (Å²) in [6, 6.07) is 15.6. The number of cyclic esters (lactones) is 1. The highest BCUT2D eigenvalue weighted by Crippen LogP contribution is 2.40. The summed E-state index contributed by atoms with van der Waals surface area (Å²) in [4.78, 5) is 42.3. The third-order valence-corrected chi connectivity index (χ3v) is 9.46. The Bertz CT molecular complexity index is 1510. The maximum absolute atomic E-state index is 14.2. The van der Waals surface area contributed by atoms with E-state index in [4.69, 9.17) is 16.3 Å². The summed E-state index contributed by atoms with van der Waals surface area (Å²) in [5.41, 5.74) is 7.81. The number of likely N-dealkylation sites (tertiary alicyclic amines) is 1. The minimum absolute atomic E-state index is 0.0486. The molecule has 2 fully saturated rings. The average Bonchev–Trinajstić information content (AvgIpc) is 3.68. The number of hydrogen-bond acceptors (Lipinski definition) is 6. The Balaban J connectivity index is 1.28. The number of fused-ring (bicyclic) bond motifs is 3. The number of hydrazine groups is 1.